The topological polar surface area (TPSA) is 67.4 Å². The molecule has 0 unspecified atom stereocenters. The summed E-state index contributed by atoms with van der Waals surface area (Å²) in [5, 5.41) is 13.1. The predicted octanol–water partition coefficient (Wildman–Crippen LogP) is 1.23. The first kappa shape index (κ1) is 9.34. The lowest BCUT2D eigenvalue weighted by Crippen LogP contribution is -1.99. The van der Waals surface area contributed by atoms with Crippen molar-refractivity contribution in [2.45, 2.75) is 13.5 Å². The van der Waals surface area contributed by atoms with Gasteiger partial charge in [0.2, 0.25) is 0 Å². The summed E-state index contributed by atoms with van der Waals surface area (Å²) in [5.74, 6) is 0. The Morgan fingerprint density at radius 2 is 2.27 bits per heavy atom. The lowest BCUT2D eigenvalue weighted by molar-refractivity contribution is 0.653. The molecule has 2 rings (SSSR count). The second kappa shape index (κ2) is 3.88. The predicted molar refractivity (Wildman–Crippen MR) is 53.6 cm³/mol. The van der Waals surface area contributed by atoms with E-state index in [2.05, 4.69) is 21.1 Å². The van der Waals surface area contributed by atoms with Gasteiger partial charge in [0.25, 0.3) is 0 Å². The first-order chi connectivity index (χ1) is 7.35. The van der Waals surface area contributed by atoms with Gasteiger partial charge < -0.3 is 0 Å². The van der Waals surface area contributed by atoms with Crippen LogP contribution in [0.3, 0.4) is 0 Å². The third-order valence-corrected chi connectivity index (χ3v) is 2.02. The van der Waals surface area contributed by atoms with Crippen LogP contribution in [0, 0.1) is 11.3 Å². The minimum absolute atomic E-state index is 0.540. The van der Waals surface area contributed by atoms with Crippen molar-refractivity contribution in [3.8, 4) is 17.5 Å². The Morgan fingerprint density at radius 1 is 1.40 bits per heavy atom. The number of rotatable bonds is 2. The van der Waals surface area contributed by atoms with Crippen molar-refractivity contribution in [3.05, 3.63) is 30.4 Å². The Hall–Kier alpha value is -2.22. The molecule has 0 aromatic carbocycles. The summed E-state index contributed by atoms with van der Waals surface area (Å²) in [7, 11) is 0. The SMILES string of the molecule is CCn1nc(-c2cnccn2)cc1C#N. The van der Waals surface area contributed by atoms with Gasteiger partial charge in [-0.05, 0) is 6.92 Å². The molecule has 0 spiro atoms. The summed E-state index contributed by atoms with van der Waals surface area (Å²) in [6, 6.07) is 3.80. The van der Waals surface area contributed by atoms with E-state index in [0.29, 0.717) is 23.6 Å². The summed E-state index contributed by atoms with van der Waals surface area (Å²) >= 11 is 0. The molecule has 0 atom stereocenters. The van der Waals surface area contributed by atoms with Crippen molar-refractivity contribution in [1.82, 2.24) is 19.7 Å². The molecule has 0 aliphatic heterocycles. The molecule has 0 amide bonds. The molecule has 2 aromatic heterocycles. The minimum atomic E-state index is 0.540. The molecule has 0 saturated heterocycles. The number of hydrogen-bond donors (Lipinski definition) is 0. The van der Waals surface area contributed by atoms with E-state index in [4.69, 9.17) is 5.26 Å². The quantitative estimate of drug-likeness (QED) is 0.729. The van der Waals surface area contributed by atoms with Crippen LogP contribution in [-0.4, -0.2) is 19.7 Å². The van der Waals surface area contributed by atoms with Gasteiger partial charge in [0, 0.05) is 25.0 Å². The highest BCUT2D eigenvalue weighted by molar-refractivity contribution is 5.54. The zero-order valence-electron chi connectivity index (χ0n) is 8.25. The molecule has 5 nitrogen and oxygen atoms in total. The molecule has 0 aliphatic carbocycles. The summed E-state index contributed by atoms with van der Waals surface area (Å²) in [4.78, 5) is 8.08. The van der Waals surface area contributed by atoms with E-state index >= 15 is 0 Å². The van der Waals surface area contributed by atoms with Crippen LogP contribution in [-0.2, 0) is 6.54 Å². The smallest absolute Gasteiger partial charge is 0.139 e. The van der Waals surface area contributed by atoms with Gasteiger partial charge in [-0.3, -0.25) is 14.6 Å². The van der Waals surface area contributed by atoms with Crippen molar-refractivity contribution >= 4 is 0 Å². The fourth-order valence-corrected chi connectivity index (χ4v) is 1.30. The Bertz CT molecular complexity index is 494. The van der Waals surface area contributed by atoms with Crippen LogP contribution < -0.4 is 0 Å². The number of nitrogens with zero attached hydrogens (tertiary/aromatic N) is 5. The van der Waals surface area contributed by atoms with Crippen LogP contribution in [0.25, 0.3) is 11.4 Å². The normalized spacial score (nSPS) is 9.87. The Morgan fingerprint density at radius 3 is 2.80 bits per heavy atom. The average Bonchev–Trinajstić information content (AvgIpc) is 2.73. The molecule has 0 aliphatic rings. The number of aryl methyl sites for hydroxylation is 1. The molecule has 74 valence electrons. The summed E-state index contributed by atoms with van der Waals surface area (Å²) < 4.78 is 1.64. The Labute approximate surface area is 87.0 Å². The van der Waals surface area contributed by atoms with E-state index < -0.39 is 0 Å². The van der Waals surface area contributed by atoms with E-state index in [9.17, 15) is 0 Å². The summed E-state index contributed by atoms with van der Waals surface area (Å²) in [6.07, 6.45) is 4.83. The van der Waals surface area contributed by atoms with Gasteiger partial charge in [0.1, 0.15) is 23.2 Å². The second-order valence-corrected chi connectivity index (χ2v) is 2.93. The van der Waals surface area contributed by atoms with Gasteiger partial charge >= 0.3 is 0 Å². The molecule has 0 bridgehead atoms. The van der Waals surface area contributed by atoms with Crippen molar-refractivity contribution in [1.29, 1.82) is 5.26 Å². The maximum atomic E-state index is 8.86. The van der Waals surface area contributed by atoms with Gasteiger partial charge in [0.05, 0.1) is 6.20 Å². The molecule has 15 heavy (non-hydrogen) atoms. The van der Waals surface area contributed by atoms with E-state index in [1.807, 2.05) is 6.92 Å². The van der Waals surface area contributed by atoms with Gasteiger partial charge in [-0.15, -0.1) is 0 Å². The third-order valence-electron chi connectivity index (χ3n) is 2.02. The van der Waals surface area contributed by atoms with Crippen molar-refractivity contribution in [3.63, 3.8) is 0 Å². The molecule has 0 saturated carbocycles. The van der Waals surface area contributed by atoms with E-state index in [1.54, 1.807) is 29.3 Å². The molecular weight excluding hydrogens is 190 g/mol. The fourth-order valence-electron chi connectivity index (χ4n) is 1.30. The first-order valence-corrected chi connectivity index (χ1v) is 4.59. The monoisotopic (exact) mass is 199 g/mol. The largest absolute Gasteiger partial charge is 0.261 e. The van der Waals surface area contributed by atoms with Crippen LogP contribution in [0.15, 0.2) is 24.7 Å². The highest BCUT2D eigenvalue weighted by Gasteiger charge is 2.08. The van der Waals surface area contributed by atoms with Gasteiger partial charge in [-0.1, -0.05) is 0 Å². The van der Waals surface area contributed by atoms with Crippen molar-refractivity contribution in [2.24, 2.45) is 0 Å². The molecule has 0 radical (unpaired) electrons. The van der Waals surface area contributed by atoms with Crippen LogP contribution in [0.1, 0.15) is 12.6 Å². The van der Waals surface area contributed by atoms with Crippen LogP contribution >= 0.6 is 0 Å². The molecule has 2 heterocycles. The summed E-state index contributed by atoms with van der Waals surface area (Å²) in [6.45, 7) is 2.61. The fraction of sp³-hybridized carbons (Fsp3) is 0.200. The van der Waals surface area contributed by atoms with Gasteiger partial charge in [0.15, 0.2) is 0 Å². The van der Waals surface area contributed by atoms with Crippen LogP contribution in [0.2, 0.25) is 0 Å². The van der Waals surface area contributed by atoms with Gasteiger partial charge in [-0.2, -0.15) is 10.4 Å². The number of aromatic nitrogens is 4. The van der Waals surface area contributed by atoms with Gasteiger partial charge in [-0.25, -0.2) is 0 Å². The minimum Gasteiger partial charge on any atom is -0.261 e. The maximum absolute atomic E-state index is 8.86. The Kier molecular flexibility index (Phi) is 2.42. The standard InChI is InChI=1S/C10H9N5/c1-2-15-8(6-11)5-9(14-15)10-7-12-3-4-13-10/h3-5,7H,2H2,1H3. The highest BCUT2D eigenvalue weighted by atomic mass is 15.3. The molecular formula is C10H9N5. The third kappa shape index (κ3) is 1.70. The molecule has 5 heteroatoms. The molecule has 0 fully saturated rings. The lowest BCUT2D eigenvalue weighted by atomic mass is 10.3. The zero-order valence-corrected chi connectivity index (χ0v) is 8.25. The van der Waals surface area contributed by atoms with Crippen LogP contribution in [0.4, 0.5) is 0 Å². The van der Waals surface area contributed by atoms with E-state index in [-0.39, 0.29) is 0 Å². The lowest BCUT2D eigenvalue weighted by Gasteiger charge is -1.95. The van der Waals surface area contributed by atoms with Crippen LogP contribution in [0.5, 0.6) is 0 Å². The zero-order chi connectivity index (χ0) is 10.7. The van der Waals surface area contributed by atoms with Crippen molar-refractivity contribution < 1.29 is 0 Å². The van der Waals surface area contributed by atoms with E-state index in [0.717, 1.165) is 0 Å². The first-order valence-electron chi connectivity index (χ1n) is 4.59. The second-order valence-electron chi connectivity index (χ2n) is 2.93. The average molecular weight is 199 g/mol. The number of nitriles is 1. The summed E-state index contributed by atoms with van der Waals surface area (Å²) in [5.41, 5.74) is 1.90. The maximum Gasteiger partial charge on any atom is 0.139 e. The highest BCUT2D eigenvalue weighted by Crippen LogP contribution is 2.14. The molecule has 2 aromatic rings. The molecule has 0 N–H and O–H groups in total. The number of hydrogen-bond acceptors (Lipinski definition) is 4. The Balaban J connectivity index is 2.48. The van der Waals surface area contributed by atoms with E-state index in [1.165, 1.54) is 0 Å². The van der Waals surface area contributed by atoms with Crippen molar-refractivity contribution in [2.75, 3.05) is 0 Å².